The maximum atomic E-state index is 13.5. The number of sulfonamides is 1. The number of amides is 1. The van der Waals surface area contributed by atoms with Crippen molar-refractivity contribution in [3.63, 3.8) is 0 Å². The molecule has 1 saturated carbocycles. The number of nitrogens with one attached hydrogen (secondary N) is 2. The summed E-state index contributed by atoms with van der Waals surface area (Å²) in [4.78, 5) is 16.5. The van der Waals surface area contributed by atoms with Crippen LogP contribution in [0.15, 0.2) is 48.7 Å². The SMILES string of the molecule is O=C(NCCS(=O)(=O)Nc1ccccn1)C1(c2cccc(F)c2)CCC1. The lowest BCUT2D eigenvalue weighted by atomic mass is 9.64. The molecule has 1 aliphatic rings. The van der Waals surface area contributed by atoms with Crippen molar-refractivity contribution in [3.05, 3.63) is 60.0 Å². The minimum absolute atomic E-state index is 0.0297. The van der Waals surface area contributed by atoms with Crippen LogP contribution in [-0.2, 0) is 20.2 Å². The normalized spacial score (nSPS) is 15.7. The van der Waals surface area contributed by atoms with Gasteiger partial charge in [0, 0.05) is 12.7 Å². The molecule has 1 amide bonds. The fraction of sp³-hybridized carbons (Fsp3) is 0.333. The van der Waals surface area contributed by atoms with Crippen LogP contribution >= 0.6 is 0 Å². The van der Waals surface area contributed by atoms with Crippen molar-refractivity contribution in [2.24, 2.45) is 0 Å². The number of pyridine rings is 1. The maximum absolute atomic E-state index is 13.5. The van der Waals surface area contributed by atoms with Crippen LogP contribution in [0.25, 0.3) is 0 Å². The average Bonchev–Trinajstić information content (AvgIpc) is 2.54. The summed E-state index contributed by atoms with van der Waals surface area (Å²) >= 11 is 0. The molecule has 1 aliphatic carbocycles. The van der Waals surface area contributed by atoms with Crippen molar-refractivity contribution in [2.75, 3.05) is 17.0 Å². The van der Waals surface area contributed by atoms with E-state index in [-0.39, 0.29) is 29.8 Å². The highest BCUT2D eigenvalue weighted by molar-refractivity contribution is 7.92. The Hall–Kier alpha value is -2.48. The predicted molar refractivity (Wildman–Crippen MR) is 96.6 cm³/mol. The van der Waals surface area contributed by atoms with Gasteiger partial charge in [0.2, 0.25) is 15.9 Å². The Morgan fingerprint density at radius 2 is 2.00 bits per heavy atom. The Morgan fingerprint density at radius 3 is 2.62 bits per heavy atom. The minimum atomic E-state index is -3.62. The minimum Gasteiger partial charge on any atom is -0.354 e. The third-order valence-electron chi connectivity index (χ3n) is 4.60. The summed E-state index contributed by atoms with van der Waals surface area (Å²) in [5.74, 6) is -0.686. The van der Waals surface area contributed by atoms with Gasteiger partial charge in [0.25, 0.3) is 0 Å². The van der Waals surface area contributed by atoms with Crippen LogP contribution in [0.1, 0.15) is 24.8 Å². The Balaban J connectivity index is 1.59. The number of rotatable bonds is 7. The summed E-state index contributed by atoms with van der Waals surface area (Å²) in [6, 6.07) is 10.9. The molecule has 0 spiro atoms. The summed E-state index contributed by atoms with van der Waals surface area (Å²) in [7, 11) is -3.62. The second-order valence-corrected chi connectivity index (χ2v) is 8.18. The van der Waals surface area contributed by atoms with Crippen LogP contribution in [0.4, 0.5) is 10.2 Å². The second kappa shape index (κ2) is 7.41. The molecular formula is C18H20FN3O3S. The summed E-state index contributed by atoms with van der Waals surface area (Å²) in [5.41, 5.74) is -0.129. The molecule has 0 bridgehead atoms. The third-order valence-corrected chi connectivity index (χ3v) is 5.86. The first kappa shape index (κ1) is 18.3. The molecule has 0 aliphatic heterocycles. The van der Waals surface area contributed by atoms with Gasteiger partial charge in [0.15, 0.2) is 0 Å². The lowest BCUT2D eigenvalue weighted by Crippen LogP contribution is -2.50. The molecule has 8 heteroatoms. The highest BCUT2D eigenvalue weighted by Gasteiger charge is 2.45. The van der Waals surface area contributed by atoms with Crippen LogP contribution < -0.4 is 10.0 Å². The first-order valence-corrected chi connectivity index (χ1v) is 10.0. The van der Waals surface area contributed by atoms with Crippen LogP contribution in [0, 0.1) is 5.82 Å². The lowest BCUT2D eigenvalue weighted by Gasteiger charge is -2.40. The number of benzene rings is 1. The lowest BCUT2D eigenvalue weighted by molar-refractivity contribution is -0.129. The molecule has 0 unspecified atom stereocenters. The second-order valence-electron chi connectivity index (χ2n) is 6.34. The van der Waals surface area contributed by atoms with E-state index in [0.29, 0.717) is 18.4 Å². The fourth-order valence-corrected chi connectivity index (χ4v) is 3.98. The largest absolute Gasteiger partial charge is 0.354 e. The van der Waals surface area contributed by atoms with Crippen molar-refractivity contribution in [3.8, 4) is 0 Å². The zero-order valence-corrected chi connectivity index (χ0v) is 14.9. The molecule has 0 atom stereocenters. The van der Waals surface area contributed by atoms with E-state index in [1.54, 1.807) is 30.3 Å². The number of aromatic nitrogens is 1. The van der Waals surface area contributed by atoms with E-state index in [2.05, 4.69) is 15.0 Å². The third kappa shape index (κ3) is 4.01. The first-order chi connectivity index (χ1) is 12.4. The number of carbonyl (C=O) groups is 1. The van der Waals surface area contributed by atoms with Crippen LogP contribution in [-0.4, -0.2) is 31.6 Å². The van der Waals surface area contributed by atoms with E-state index >= 15 is 0 Å². The van der Waals surface area contributed by atoms with E-state index in [1.807, 2.05) is 0 Å². The summed E-state index contributed by atoms with van der Waals surface area (Å²) in [5, 5.41) is 2.68. The zero-order chi connectivity index (χ0) is 18.6. The molecule has 2 N–H and O–H groups in total. The maximum Gasteiger partial charge on any atom is 0.235 e. The topological polar surface area (TPSA) is 88.2 Å². The molecule has 1 fully saturated rings. The molecule has 2 aromatic rings. The van der Waals surface area contributed by atoms with Gasteiger partial charge < -0.3 is 5.32 Å². The number of carbonyl (C=O) groups excluding carboxylic acids is 1. The molecule has 1 heterocycles. The molecule has 6 nitrogen and oxygen atoms in total. The van der Waals surface area contributed by atoms with Crippen molar-refractivity contribution < 1.29 is 17.6 Å². The highest BCUT2D eigenvalue weighted by Crippen LogP contribution is 2.44. The molecule has 3 rings (SSSR count). The van der Waals surface area contributed by atoms with Gasteiger partial charge in [0.05, 0.1) is 11.2 Å². The van der Waals surface area contributed by atoms with Crippen LogP contribution in [0.3, 0.4) is 0 Å². The van der Waals surface area contributed by atoms with Gasteiger partial charge in [-0.15, -0.1) is 0 Å². The number of anilines is 1. The number of halogens is 1. The Morgan fingerprint density at radius 1 is 1.19 bits per heavy atom. The standard InChI is InChI=1S/C18H20FN3O3S/c19-15-6-3-5-14(13-15)18(8-4-9-18)17(23)21-11-12-26(24,25)22-16-7-1-2-10-20-16/h1-3,5-7,10,13H,4,8-9,11-12H2,(H,20,22)(H,21,23). The molecule has 0 radical (unpaired) electrons. The van der Waals surface area contributed by atoms with E-state index in [9.17, 15) is 17.6 Å². The smallest absolute Gasteiger partial charge is 0.235 e. The van der Waals surface area contributed by atoms with Crippen molar-refractivity contribution in [2.45, 2.75) is 24.7 Å². The summed E-state index contributed by atoms with van der Waals surface area (Å²) < 4.78 is 40.0. The van der Waals surface area contributed by atoms with Gasteiger partial charge in [-0.25, -0.2) is 17.8 Å². The van der Waals surface area contributed by atoms with Gasteiger partial charge in [-0.2, -0.15) is 0 Å². The molecule has 1 aromatic carbocycles. The van der Waals surface area contributed by atoms with E-state index in [0.717, 1.165) is 6.42 Å². The Bertz CT molecular complexity index is 884. The molecule has 138 valence electrons. The Labute approximate surface area is 151 Å². The monoisotopic (exact) mass is 377 g/mol. The van der Waals surface area contributed by atoms with Gasteiger partial charge in [-0.1, -0.05) is 24.6 Å². The predicted octanol–water partition coefficient (Wildman–Crippen LogP) is 2.20. The van der Waals surface area contributed by atoms with Crippen molar-refractivity contribution in [1.82, 2.24) is 10.3 Å². The van der Waals surface area contributed by atoms with Gasteiger partial charge in [-0.05, 0) is 42.7 Å². The Kier molecular flexibility index (Phi) is 5.22. The molecule has 26 heavy (non-hydrogen) atoms. The quantitative estimate of drug-likeness (QED) is 0.774. The van der Waals surface area contributed by atoms with E-state index in [1.165, 1.54) is 18.3 Å². The molecular weight excluding hydrogens is 357 g/mol. The number of hydrogen-bond acceptors (Lipinski definition) is 4. The fourth-order valence-electron chi connectivity index (χ4n) is 3.06. The highest BCUT2D eigenvalue weighted by atomic mass is 32.2. The van der Waals surface area contributed by atoms with Crippen LogP contribution in [0.2, 0.25) is 0 Å². The summed E-state index contributed by atoms with van der Waals surface area (Å²) in [6.45, 7) is -0.0297. The zero-order valence-electron chi connectivity index (χ0n) is 14.1. The average molecular weight is 377 g/mol. The van der Waals surface area contributed by atoms with Crippen LogP contribution in [0.5, 0.6) is 0 Å². The van der Waals surface area contributed by atoms with E-state index < -0.39 is 15.4 Å². The van der Waals surface area contributed by atoms with Crippen molar-refractivity contribution in [1.29, 1.82) is 0 Å². The summed E-state index contributed by atoms with van der Waals surface area (Å²) in [6.07, 6.45) is 3.62. The molecule has 0 saturated heterocycles. The van der Waals surface area contributed by atoms with Gasteiger partial charge in [-0.3, -0.25) is 9.52 Å². The number of hydrogen-bond donors (Lipinski definition) is 2. The van der Waals surface area contributed by atoms with Gasteiger partial charge >= 0.3 is 0 Å². The van der Waals surface area contributed by atoms with E-state index in [4.69, 9.17) is 0 Å². The van der Waals surface area contributed by atoms with Gasteiger partial charge in [0.1, 0.15) is 11.6 Å². The first-order valence-electron chi connectivity index (χ1n) is 8.37. The molecule has 1 aromatic heterocycles. The van der Waals surface area contributed by atoms with Crippen molar-refractivity contribution >= 4 is 21.7 Å². The number of nitrogens with zero attached hydrogens (tertiary/aromatic N) is 1.